The van der Waals surface area contributed by atoms with E-state index >= 15 is 0 Å². The molecule has 3 N–H and O–H groups in total. The molecular formula is C15H20N4O. The lowest BCUT2D eigenvalue weighted by molar-refractivity contribution is -0.122. The molecular weight excluding hydrogens is 252 g/mol. The lowest BCUT2D eigenvalue weighted by Gasteiger charge is -2.10. The van der Waals surface area contributed by atoms with E-state index in [9.17, 15) is 4.79 Å². The van der Waals surface area contributed by atoms with Gasteiger partial charge in [0.1, 0.15) is 0 Å². The smallest absolute Gasteiger partial charge is 0.237 e. The second-order valence-corrected chi connectivity index (χ2v) is 4.70. The first-order chi connectivity index (χ1) is 9.72. The van der Waals surface area contributed by atoms with Gasteiger partial charge in [-0.25, -0.2) is 4.98 Å². The quantitative estimate of drug-likeness (QED) is 0.592. The van der Waals surface area contributed by atoms with Crippen molar-refractivity contribution in [2.24, 2.45) is 5.73 Å². The Balaban J connectivity index is 1.79. The molecule has 0 aliphatic carbocycles. The number of hydrogen-bond acceptors (Lipinski definition) is 3. The number of nitrogens with two attached hydrogens (primary N) is 1. The summed E-state index contributed by atoms with van der Waals surface area (Å²) in [7, 11) is 0. The van der Waals surface area contributed by atoms with Crippen molar-refractivity contribution >= 4 is 16.9 Å². The van der Waals surface area contributed by atoms with Crippen LogP contribution in [-0.4, -0.2) is 28.0 Å². The Kier molecular flexibility index (Phi) is 4.90. The summed E-state index contributed by atoms with van der Waals surface area (Å²) in [5, 5.41) is 2.83. The third-order valence-electron chi connectivity index (χ3n) is 3.16. The van der Waals surface area contributed by atoms with Crippen molar-refractivity contribution in [1.29, 1.82) is 0 Å². The zero-order valence-electron chi connectivity index (χ0n) is 11.5. The second-order valence-electron chi connectivity index (χ2n) is 4.70. The van der Waals surface area contributed by atoms with Gasteiger partial charge >= 0.3 is 0 Å². The van der Waals surface area contributed by atoms with Crippen molar-refractivity contribution in [2.45, 2.75) is 25.4 Å². The lowest BCUT2D eigenvalue weighted by Crippen LogP contribution is -2.40. The number of amides is 1. The van der Waals surface area contributed by atoms with Crippen molar-refractivity contribution in [2.75, 3.05) is 6.54 Å². The van der Waals surface area contributed by atoms with Crippen LogP contribution in [0.3, 0.4) is 0 Å². The molecule has 1 heterocycles. The van der Waals surface area contributed by atoms with Crippen LogP contribution in [0.5, 0.6) is 0 Å². The number of nitrogens with zero attached hydrogens (tertiary/aromatic N) is 2. The maximum atomic E-state index is 11.6. The average molecular weight is 272 g/mol. The number of rotatable bonds is 7. The van der Waals surface area contributed by atoms with Crippen LogP contribution in [0.2, 0.25) is 0 Å². The van der Waals surface area contributed by atoms with E-state index in [-0.39, 0.29) is 5.91 Å². The van der Waals surface area contributed by atoms with Gasteiger partial charge < -0.3 is 15.6 Å². The summed E-state index contributed by atoms with van der Waals surface area (Å²) in [4.78, 5) is 15.9. The molecule has 2 rings (SSSR count). The monoisotopic (exact) mass is 272 g/mol. The minimum absolute atomic E-state index is 0.125. The number of aryl methyl sites for hydroxylation is 1. The van der Waals surface area contributed by atoms with Crippen LogP contribution in [-0.2, 0) is 11.3 Å². The Morgan fingerprint density at radius 3 is 3.10 bits per heavy atom. The van der Waals surface area contributed by atoms with Crippen LogP contribution >= 0.6 is 0 Å². The maximum absolute atomic E-state index is 11.6. The van der Waals surface area contributed by atoms with Crippen LogP contribution in [0.15, 0.2) is 43.2 Å². The number of carbonyl (C=O) groups excluding carboxylic acids is 1. The first-order valence-corrected chi connectivity index (χ1v) is 6.76. The summed E-state index contributed by atoms with van der Waals surface area (Å²) >= 11 is 0. The Morgan fingerprint density at radius 1 is 1.50 bits per heavy atom. The minimum Gasteiger partial charge on any atom is -0.355 e. The molecule has 106 valence electrons. The average Bonchev–Trinajstić information content (AvgIpc) is 2.87. The van der Waals surface area contributed by atoms with E-state index in [0.717, 1.165) is 24.0 Å². The van der Waals surface area contributed by atoms with Gasteiger partial charge in [0, 0.05) is 13.1 Å². The molecule has 20 heavy (non-hydrogen) atoms. The van der Waals surface area contributed by atoms with E-state index in [1.54, 1.807) is 6.08 Å². The SMILES string of the molecule is C=CCC(N)C(=O)NCCCn1cnc2ccccc21. The summed E-state index contributed by atoms with van der Waals surface area (Å²) in [5.74, 6) is -0.125. The summed E-state index contributed by atoms with van der Waals surface area (Å²) < 4.78 is 2.09. The molecule has 0 aliphatic rings. The second kappa shape index (κ2) is 6.86. The van der Waals surface area contributed by atoms with Crippen molar-refractivity contribution < 1.29 is 4.79 Å². The molecule has 0 fully saturated rings. The van der Waals surface area contributed by atoms with Crippen LogP contribution in [0.1, 0.15) is 12.8 Å². The first-order valence-electron chi connectivity index (χ1n) is 6.76. The molecule has 0 saturated carbocycles. The normalized spacial score (nSPS) is 12.2. The van der Waals surface area contributed by atoms with E-state index in [1.165, 1.54) is 0 Å². The van der Waals surface area contributed by atoms with E-state index in [2.05, 4.69) is 21.4 Å². The van der Waals surface area contributed by atoms with E-state index in [4.69, 9.17) is 5.73 Å². The molecule has 1 amide bonds. The number of aromatic nitrogens is 2. The number of para-hydroxylation sites is 2. The number of benzene rings is 1. The number of nitrogens with one attached hydrogen (secondary N) is 1. The number of fused-ring (bicyclic) bond motifs is 1. The molecule has 5 nitrogen and oxygen atoms in total. The fraction of sp³-hybridized carbons (Fsp3) is 0.333. The van der Waals surface area contributed by atoms with E-state index in [0.29, 0.717) is 13.0 Å². The molecule has 2 aromatic rings. The van der Waals surface area contributed by atoms with Gasteiger partial charge in [-0.2, -0.15) is 0 Å². The molecule has 1 atom stereocenters. The van der Waals surface area contributed by atoms with Gasteiger partial charge in [0.25, 0.3) is 0 Å². The van der Waals surface area contributed by atoms with Crippen LogP contribution in [0, 0.1) is 0 Å². The van der Waals surface area contributed by atoms with Crippen molar-refractivity contribution in [1.82, 2.24) is 14.9 Å². The molecule has 0 saturated heterocycles. The Labute approximate surface area is 118 Å². The highest BCUT2D eigenvalue weighted by atomic mass is 16.2. The first kappa shape index (κ1) is 14.3. The molecule has 1 aromatic carbocycles. The van der Waals surface area contributed by atoms with Crippen molar-refractivity contribution in [3.63, 3.8) is 0 Å². The minimum atomic E-state index is -0.499. The van der Waals surface area contributed by atoms with Gasteiger partial charge in [0.15, 0.2) is 0 Å². The zero-order chi connectivity index (χ0) is 14.4. The molecule has 0 bridgehead atoms. The fourth-order valence-electron chi connectivity index (χ4n) is 2.07. The summed E-state index contributed by atoms with van der Waals surface area (Å²) in [6.07, 6.45) is 4.82. The highest BCUT2D eigenvalue weighted by molar-refractivity contribution is 5.81. The number of hydrogen-bond donors (Lipinski definition) is 2. The topological polar surface area (TPSA) is 72.9 Å². The molecule has 1 aromatic heterocycles. The highest BCUT2D eigenvalue weighted by Crippen LogP contribution is 2.11. The Bertz CT molecular complexity index is 590. The van der Waals surface area contributed by atoms with Crippen LogP contribution < -0.4 is 11.1 Å². The molecule has 0 spiro atoms. The molecule has 1 unspecified atom stereocenters. The molecule has 5 heteroatoms. The third kappa shape index (κ3) is 3.45. The summed E-state index contributed by atoms with van der Waals surface area (Å²) in [6.45, 7) is 5.00. The predicted octanol–water partition coefficient (Wildman–Crippen LogP) is 1.45. The number of imidazole rings is 1. The van der Waals surface area contributed by atoms with Gasteiger partial charge in [-0.1, -0.05) is 18.2 Å². The van der Waals surface area contributed by atoms with Crippen molar-refractivity contribution in [3.8, 4) is 0 Å². The molecule has 0 radical (unpaired) electrons. The van der Waals surface area contributed by atoms with Gasteiger partial charge in [0.2, 0.25) is 5.91 Å². The van der Waals surface area contributed by atoms with Crippen LogP contribution in [0.4, 0.5) is 0 Å². The number of carbonyl (C=O) groups is 1. The van der Waals surface area contributed by atoms with Gasteiger partial charge in [0.05, 0.1) is 23.4 Å². The predicted molar refractivity (Wildman–Crippen MR) is 80.1 cm³/mol. The maximum Gasteiger partial charge on any atom is 0.237 e. The van der Waals surface area contributed by atoms with Crippen molar-refractivity contribution in [3.05, 3.63) is 43.2 Å². The summed E-state index contributed by atoms with van der Waals surface area (Å²) in [6, 6.07) is 7.50. The summed E-state index contributed by atoms with van der Waals surface area (Å²) in [5.41, 5.74) is 7.78. The zero-order valence-corrected chi connectivity index (χ0v) is 11.5. The highest BCUT2D eigenvalue weighted by Gasteiger charge is 2.10. The largest absolute Gasteiger partial charge is 0.355 e. The standard InChI is InChI=1S/C15H20N4O/c1-2-6-12(16)15(20)17-9-5-10-19-11-18-13-7-3-4-8-14(13)19/h2-4,7-8,11-12H,1,5-6,9-10,16H2,(H,17,20). The van der Waals surface area contributed by atoms with E-state index in [1.807, 2.05) is 30.6 Å². The van der Waals surface area contributed by atoms with E-state index < -0.39 is 6.04 Å². The Morgan fingerprint density at radius 2 is 2.30 bits per heavy atom. The molecule has 0 aliphatic heterocycles. The van der Waals surface area contributed by atoms with Gasteiger partial charge in [-0.05, 0) is 25.0 Å². The van der Waals surface area contributed by atoms with Crippen LogP contribution in [0.25, 0.3) is 11.0 Å². The van der Waals surface area contributed by atoms with Gasteiger partial charge in [-0.15, -0.1) is 6.58 Å². The van der Waals surface area contributed by atoms with Gasteiger partial charge in [-0.3, -0.25) is 4.79 Å². The fourth-order valence-corrected chi connectivity index (χ4v) is 2.07. The lowest BCUT2D eigenvalue weighted by atomic mass is 10.2. The Hall–Kier alpha value is -2.14. The third-order valence-corrected chi connectivity index (χ3v) is 3.16.